The van der Waals surface area contributed by atoms with Gasteiger partial charge in [-0.2, -0.15) is 12.6 Å². The van der Waals surface area contributed by atoms with Gasteiger partial charge < -0.3 is 4.98 Å². The zero-order valence-corrected chi connectivity index (χ0v) is 6.86. The van der Waals surface area contributed by atoms with Crippen LogP contribution in [0.3, 0.4) is 0 Å². The molecule has 0 aliphatic carbocycles. The van der Waals surface area contributed by atoms with Gasteiger partial charge in [0.15, 0.2) is 0 Å². The summed E-state index contributed by atoms with van der Waals surface area (Å²) in [5.74, 6) is 0.717. The fraction of sp³-hybridized carbons (Fsp3) is 0.111. The molecule has 55 valence electrons. The van der Waals surface area contributed by atoms with E-state index in [-0.39, 0.29) is 0 Å². The van der Waals surface area contributed by atoms with E-state index in [4.69, 9.17) is 0 Å². The van der Waals surface area contributed by atoms with Crippen molar-refractivity contribution in [3.63, 3.8) is 0 Å². The van der Waals surface area contributed by atoms with Crippen molar-refractivity contribution in [3.05, 3.63) is 36.0 Å². The molecule has 0 aliphatic rings. The zero-order chi connectivity index (χ0) is 7.68. The predicted octanol–water partition coefficient (Wildman–Crippen LogP) is 2.40. The number of hydrogen-bond acceptors (Lipinski definition) is 1. The second kappa shape index (κ2) is 2.62. The third kappa shape index (κ3) is 1.14. The second-order valence-corrected chi connectivity index (χ2v) is 2.75. The van der Waals surface area contributed by atoms with E-state index < -0.39 is 0 Å². The lowest BCUT2D eigenvalue weighted by Crippen LogP contribution is -1.72. The molecule has 1 nitrogen and oxygen atoms in total. The van der Waals surface area contributed by atoms with E-state index >= 15 is 0 Å². The molecule has 0 fully saturated rings. The molecule has 1 N–H and O–H groups in total. The summed E-state index contributed by atoms with van der Waals surface area (Å²) in [6.45, 7) is 0. The third-order valence-corrected chi connectivity index (χ3v) is 1.97. The van der Waals surface area contributed by atoms with Gasteiger partial charge in [-0.3, -0.25) is 0 Å². The van der Waals surface area contributed by atoms with E-state index in [0.29, 0.717) is 5.75 Å². The number of hydrogen-bond donors (Lipinski definition) is 2. The van der Waals surface area contributed by atoms with Crippen molar-refractivity contribution >= 4 is 23.5 Å². The normalized spacial score (nSPS) is 10.6. The Kier molecular flexibility index (Phi) is 1.62. The molecule has 2 rings (SSSR count). The van der Waals surface area contributed by atoms with Crippen molar-refractivity contribution in [1.29, 1.82) is 0 Å². The number of para-hydroxylation sites is 1. The highest BCUT2D eigenvalue weighted by Crippen LogP contribution is 2.14. The molecule has 0 atom stereocenters. The van der Waals surface area contributed by atoms with Gasteiger partial charge in [-0.15, -0.1) is 0 Å². The van der Waals surface area contributed by atoms with Crippen LogP contribution in [0, 0.1) is 6.07 Å². The standard InChI is InChI=1S/C9H8NS/c11-6-8-5-7-3-1-2-4-9(7)10-8/h1-4,10-11H,6H2. The lowest BCUT2D eigenvalue weighted by atomic mass is 10.2. The Morgan fingerprint density at radius 3 is 2.91 bits per heavy atom. The highest BCUT2D eigenvalue weighted by atomic mass is 32.1. The Bertz CT molecular complexity index is 331. The Morgan fingerprint density at radius 2 is 2.18 bits per heavy atom. The van der Waals surface area contributed by atoms with E-state index in [0.717, 1.165) is 16.6 Å². The maximum Gasteiger partial charge on any atom is 0.0462 e. The largest absolute Gasteiger partial charge is 0.357 e. The minimum Gasteiger partial charge on any atom is -0.357 e. The average molecular weight is 162 g/mol. The van der Waals surface area contributed by atoms with Crippen molar-refractivity contribution < 1.29 is 0 Å². The molecule has 2 aromatic rings. The SMILES string of the molecule is SCc1[c]c2ccccc2[nH]1. The number of H-pyrrole nitrogens is 1. The first-order chi connectivity index (χ1) is 5.40. The first kappa shape index (κ1) is 6.80. The molecule has 1 aromatic heterocycles. The van der Waals surface area contributed by atoms with E-state index in [2.05, 4.69) is 23.7 Å². The zero-order valence-electron chi connectivity index (χ0n) is 5.96. The topological polar surface area (TPSA) is 15.8 Å². The fourth-order valence-corrected chi connectivity index (χ4v) is 1.29. The summed E-state index contributed by atoms with van der Waals surface area (Å²) in [6.07, 6.45) is 0. The maximum atomic E-state index is 4.16. The van der Waals surface area contributed by atoms with Crippen molar-refractivity contribution in [2.24, 2.45) is 0 Å². The minimum absolute atomic E-state index is 0.717. The lowest BCUT2D eigenvalue weighted by molar-refractivity contribution is 1.27. The molecular weight excluding hydrogens is 154 g/mol. The molecule has 2 heteroatoms. The molecule has 11 heavy (non-hydrogen) atoms. The van der Waals surface area contributed by atoms with Crippen LogP contribution >= 0.6 is 12.6 Å². The van der Waals surface area contributed by atoms with Gasteiger partial charge in [-0.05, 0) is 6.07 Å². The molecule has 1 heterocycles. The van der Waals surface area contributed by atoms with Crippen LogP contribution in [0.25, 0.3) is 10.9 Å². The highest BCUT2D eigenvalue weighted by molar-refractivity contribution is 7.79. The average Bonchev–Trinajstić information content (AvgIpc) is 2.46. The summed E-state index contributed by atoms with van der Waals surface area (Å²) in [6, 6.07) is 11.3. The lowest BCUT2D eigenvalue weighted by Gasteiger charge is -1.84. The van der Waals surface area contributed by atoms with Crippen LogP contribution in [0.1, 0.15) is 5.69 Å². The molecule has 0 unspecified atom stereocenters. The summed E-state index contributed by atoms with van der Waals surface area (Å²) in [5.41, 5.74) is 2.19. The molecule has 1 radical (unpaired) electrons. The van der Waals surface area contributed by atoms with Gasteiger partial charge in [0, 0.05) is 28.4 Å². The van der Waals surface area contributed by atoms with Crippen molar-refractivity contribution in [2.75, 3.05) is 0 Å². The number of rotatable bonds is 1. The van der Waals surface area contributed by atoms with Crippen LogP contribution in [0.5, 0.6) is 0 Å². The van der Waals surface area contributed by atoms with E-state index in [9.17, 15) is 0 Å². The van der Waals surface area contributed by atoms with Gasteiger partial charge in [0.2, 0.25) is 0 Å². The Labute approximate surface area is 70.8 Å². The Morgan fingerprint density at radius 1 is 1.36 bits per heavy atom. The first-order valence-electron chi connectivity index (χ1n) is 3.50. The van der Waals surface area contributed by atoms with E-state index in [1.54, 1.807) is 0 Å². The van der Waals surface area contributed by atoms with Crippen LogP contribution in [0.2, 0.25) is 0 Å². The van der Waals surface area contributed by atoms with Crippen molar-refractivity contribution in [2.45, 2.75) is 5.75 Å². The summed E-state index contributed by atoms with van der Waals surface area (Å²) < 4.78 is 0. The number of aromatic amines is 1. The number of benzene rings is 1. The van der Waals surface area contributed by atoms with Crippen LogP contribution < -0.4 is 0 Å². The summed E-state index contributed by atoms with van der Waals surface area (Å²) in [7, 11) is 0. The van der Waals surface area contributed by atoms with Gasteiger partial charge in [0.05, 0.1) is 0 Å². The number of fused-ring (bicyclic) bond motifs is 1. The predicted molar refractivity (Wildman–Crippen MR) is 49.8 cm³/mol. The highest BCUT2D eigenvalue weighted by Gasteiger charge is 1.96. The Balaban J connectivity index is 2.69. The van der Waals surface area contributed by atoms with E-state index in [1.165, 1.54) is 0 Å². The summed E-state index contributed by atoms with van der Waals surface area (Å²) in [5, 5.41) is 1.14. The van der Waals surface area contributed by atoms with Gasteiger partial charge in [-0.1, -0.05) is 18.2 Å². The number of thiol groups is 1. The molecule has 0 bridgehead atoms. The third-order valence-electron chi connectivity index (χ3n) is 1.66. The molecule has 1 aromatic carbocycles. The van der Waals surface area contributed by atoms with Crippen LogP contribution in [-0.4, -0.2) is 4.98 Å². The van der Waals surface area contributed by atoms with Gasteiger partial charge >= 0.3 is 0 Å². The minimum atomic E-state index is 0.717. The van der Waals surface area contributed by atoms with E-state index in [1.807, 2.05) is 24.3 Å². The first-order valence-corrected chi connectivity index (χ1v) is 4.13. The maximum absolute atomic E-state index is 4.16. The smallest absolute Gasteiger partial charge is 0.0462 e. The quantitative estimate of drug-likeness (QED) is 0.599. The molecule has 0 aliphatic heterocycles. The molecule has 0 saturated heterocycles. The van der Waals surface area contributed by atoms with Gasteiger partial charge in [-0.25, -0.2) is 0 Å². The molecule has 0 amide bonds. The monoisotopic (exact) mass is 162 g/mol. The molecular formula is C9H8NS. The molecule has 0 spiro atoms. The summed E-state index contributed by atoms with van der Waals surface area (Å²) >= 11 is 4.16. The summed E-state index contributed by atoms with van der Waals surface area (Å²) in [4.78, 5) is 3.21. The number of aromatic nitrogens is 1. The van der Waals surface area contributed by atoms with Crippen LogP contribution in [0.15, 0.2) is 24.3 Å². The van der Waals surface area contributed by atoms with Crippen LogP contribution in [0.4, 0.5) is 0 Å². The second-order valence-electron chi connectivity index (χ2n) is 2.43. The van der Waals surface area contributed by atoms with Crippen molar-refractivity contribution in [1.82, 2.24) is 4.98 Å². The number of nitrogens with one attached hydrogen (secondary N) is 1. The fourth-order valence-electron chi connectivity index (χ4n) is 1.14. The Hall–Kier alpha value is -0.890. The van der Waals surface area contributed by atoms with Crippen molar-refractivity contribution in [3.8, 4) is 0 Å². The molecule has 0 saturated carbocycles. The van der Waals surface area contributed by atoms with Gasteiger partial charge in [0.1, 0.15) is 0 Å². The van der Waals surface area contributed by atoms with Crippen LogP contribution in [-0.2, 0) is 5.75 Å². The van der Waals surface area contributed by atoms with Gasteiger partial charge in [0.25, 0.3) is 0 Å².